The van der Waals surface area contributed by atoms with Crippen molar-refractivity contribution in [2.24, 2.45) is 0 Å². The molecule has 32 heavy (non-hydrogen) atoms. The van der Waals surface area contributed by atoms with Crippen molar-refractivity contribution in [3.63, 3.8) is 0 Å². The Kier molecular flexibility index (Phi) is 5.01. The largest absolute Gasteiger partial charge is 0.369 e. The second-order valence-corrected chi connectivity index (χ2v) is 8.64. The molecule has 1 unspecified atom stereocenters. The maximum Gasteiger partial charge on any atom is 0.353 e. The molecule has 0 bridgehead atoms. The molecule has 5 rings (SSSR count). The lowest BCUT2D eigenvalue weighted by Gasteiger charge is -2.28. The van der Waals surface area contributed by atoms with Crippen LogP contribution in [-0.4, -0.2) is 49.2 Å². The zero-order chi connectivity index (χ0) is 22.4. The van der Waals surface area contributed by atoms with Gasteiger partial charge in [-0.2, -0.15) is 0 Å². The van der Waals surface area contributed by atoms with Gasteiger partial charge in [-0.05, 0) is 58.0 Å². The van der Waals surface area contributed by atoms with Crippen LogP contribution in [0.15, 0.2) is 47.3 Å². The SMILES string of the molecule is Cc1cc(-c2c(-c3ccccc3)nc(N)n3c(=O)n(C4CCCN(C)C4)nc23)cc(C)n1. The van der Waals surface area contributed by atoms with Gasteiger partial charge in [0.2, 0.25) is 5.95 Å². The number of aryl methyl sites for hydroxylation is 2. The predicted octanol–water partition coefficient (Wildman–Crippen LogP) is 3.09. The Bertz CT molecular complexity index is 1340. The Morgan fingerprint density at radius 3 is 2.44 bits per heavy atom. The van der Waals surface area contributed by atoms with E-state index in [0.717, 1.165) is 54.0 Å². The second kappa shape index (κ2) is 7.87. The van der Waals surface area contributed by atoms with Gasteiger partial charge in [0, 0.05) is 23.5 Å². The highest BCUT2D eigenvalue weighted by atomic mass is 16.2. The first-order valence-corrected chi connectivity index (χ1v) is 10.9. The fourth-order valence-electron chi connectivity index (χ4n) is 4.70. The summed E-state index contributed by atoms with van der Waals surface area (Å²) in [6.45, 7) is 5.74. The molecule has 0 amide bonds. The van der Waals surface area contributed by atoms with E-state index in [1.165, 1.54) is 4.40 Å². The maximum atomic E-state index is 13.4. The van der Waals surface area contributed by atoms with Crippen molar-refractivity contribution in [3.05, 3.63) is 64.3 Å². The van der Waals surface area contributed by atoms with Crippen LogP contribution in [0.5, 0.6) is 0 Å². The highest BCUT2D eigenvalue weighted by Gasteiger charge is 2.26. The average molecular weight is 430 g/mol. The number of nitrogens with two attached hydrogens (primary N) is 1. The van der Waals surface area contributed by atoms with E-state index >= 15 is 0 Å². The number of fused-ring (bicyclic) bond motifs is 1. The molecule has 1 aliphatic heterocycles. The molecule has 2 N–H and O–H groups in total. The van der Waals surface area contributed by atoms with Gasteiger partial charge < -0.3 is 10.6 Å². The first-order chi connectivity index (χ1) is 15.4. The number of pyridine rings is 1. The van der Waals surface area contributed by atoms with Crippen LogP contribution >= 0.6 is 0 Å². The molecule has 8 heteroatoms. The molecule has 4 aromatic rings. The van der Waals surface area contributed by atoms with Gasteiger partial charge in [0.25, 0.3) is 0 Å². The molecule has 1 aromatic carbocycles. The summed E-state index contributed by atoms with van der Waals surface area (Å²) in [7, 11) is 2.07. The highest BCUT2D eigenvalue weighted by molar-refractivity contribution is 5.90. The third-order valence-electron chi connectivity index (χ3n) is 6.08. The minimum absolute atomic E-state index is 0.00878. The van der Waals surface area contributed by atoms with E-state index in [-0.39, 0.29) is 17.7 Å². The van der Waals surface area contributed by atoms with Crippen LogP contribution in [0.25, 0.3) is 28.0 Å². The third kappa shape index (κ3) is 3.46. The number of hydrogen-bond donors (Lipinski definition) is 1. The van der Waals surface area contributed by atoms with Crippen LogP contribution in [0.4, 0.5) is 5.95 Å². The summed E-state index contributed by atoms with van der Waals surface area (Å²) in [4.78, 5) is 24.9. The number of anilines is 1. The molecule has 8 nitrogen and oxygen atoms in total. The van der Waals surface area contributed by atoms with Gasteiger partial charge in [0.05, 0.1) is 17.3 Å². The zero-order valence-electron chi connectivity index (χ0n) is 18.6. The number of aromatic nitrogens is 5. The van der Waals surface area contributed by atoms with Crippen molar-refractivity contribution < 1.29 is 0 Å². The zero-order valence-corrected chi connectivity index (χ0v) is 18.6. The number of likely N-dealkylation sites (N-methyl/N-ethyl adjacent to an activating group) is 1. The number of nitrogens with zero attached hydrogens (tertiary/aromatic N) is 6. The highest BCUT2D eigenvalue weighted by Crippen LogP contribution is 2.35. The average Bonchev–Trinajstić information content (AvgIpc) is 3.11. The molecule has 0 radical (unpaired) electrons. The summed E-state index contributed by atoms with van der Waals surface area (Å²) in [5.74, 6) is 0.144. The molecule has 3 aromatic heterocycles. The van der Waals surface area contributed by atoms with Crippen LogP contribution in [0.1, 0.15) is 30.3 Å². The first-order valence-electron chi connectivity index (χ1n) is 10.9. The van der Waals surface area contributed by atoms with E-state index in [1.807, 2.05) is 56.3 Å². The molecule has 1 fully saturated rings. The lowest BCUT2D eigenvalue weighted by atomic mass is 9.99. The first kappa shape index (κ1) is 20.4. The summed E-state index contributed by atoms with van der Waals surface area (Å²) in [6, 6.07) is 13.9. The van der Waals surface area contributed by atoms with E-state index in [4.69, 9.17) is 15.8 Å². The topological polar surface area (TPSA) is 94.3 Å². The minimum atomic E-state index is -0.242. The number of likely N-dealkylation sites (tertiary alicyclic amines) is 1. The summed E-state index contributed by atoms with van der Waals surface area (Å²) < 4.78 is 3.05. The van der Waals surface area contributed by atoms with Gasteiger partial charge in [-0.15, -0.1) is 5.10 Å². The Hall–Kier alpha value is -3.52. The van der Waals surface area contributed by atoms with Gasteiger partial charge in [0.1, 0.15) is 0 Å². The van der Waals surface area contributed by atoms with E-state index in [9.17, 15) is 4.79 Å². The lowest BCUT2D eigenvalue weighted by molar-refractivity contribution is 0.199. The fraction of sp³-hybridized carbons (Fsp3) is 0.333. The van der Waals surface area contributed by atoms with Gasteiger partial charge in [-0.3, -0.25) is 4.98 Å². The molecule has 0 saturated carbocycles. The number of hydrogen-bond acceptors (Lipinski definition) is 6. The molecule has 0 spiro atoms. The number of rotatable bonds is 3. The summed E-state index contributed by atoms with van der Waals surface area (Å²) >= 11 is 0. The molecule has 1 saturated heterocycles. The van der Waals surface area contributed by atoms with E-state index < -0.39 is 0 Å². The molecule has 164 valence electrons. The Morgan fingerprint density at radius 1 is 1.03 bits per heavy atom. The summed E-state index contributed by atoms with van der Waals surface area (Å²) in [6.07, 6.45) is 1.94. The van der Waals surface area contributed by atoms with Crippen molar-refractivity contribution in [1.82, 2.24) is 29.0 Å². The maximum absolute atomic E-state index is 13.4. The molecular formula is C24H27N7O. The standard InChI is InChI=1S/C24H27N7O/c1-15-12-18(13-16(2)26-15)20-21(17-8-5-4-6-9-17)27-23(25)30-22(20)28-31(24(30)32)19-10-7-11-29(3)14-19/h4-6,8-9,12-13,19H,7,10-11,14H2,1-3H3,(H2,25,27). The Labute approximate surface area is 186 Å². The fourth-order valence-corrected chi connectivity index (χ4v) is 4.70. The second-order valence-electron chi connectivity index (χ2n) is 8.64. The van der Waals surface area contributed by atoms with Gasteiger partial charge in [-0.1, -0.05) is 30.3 Å². The van der Waals surface area contributed by atoms with Crippen LogP contribution < -0.4 is 11.4 Å². The van der Waals surface area contributed by atoms with E-state index in [2.05, 4.69) is 16.9 Å². The smallest absolute Gasteiger partial charge is 0.353 e. The van der Waals surface area contributed by atoms with Crippen molar-refractivity contribution in [3.8, 4) is 22.4 Å². The van der Waals surface area contributed by atoms with E-state index in [0.29, 0.717) is 11.3 Å². The van der Waals surface area contributed by atoms with Gasteiger partial charge in [-0.25, -0.2) is 18.9 Å². The number of benzene rings is 1. The normalized spacial score (nSPS) is 17.2. The quantitative estimate of drug-likeness (QED) is 0.538. The van der Waals surface area contributed by atoms with Crippen LogP contribution in [0, 0.1) is 13.8 Å². The van der Waals surface area contributed by atoms with Gasteiger partial charge in [0.15, 0.2) is 5.65 Å². The van der Waals surface area contributed by atoms with Crippen molar-refractivity contribution in [2.45, 2.75) is 32.7 Å². The number of nitrogen functional groups attached to an aromatic ring is 1. The van der Waals surface area contributed by atoms with Crippen molar-refractivity contribution in [1.29, 1.82) is 0 Å². The minimum Gasteiger partial charge on any atom is -0.369 e. The molecule has 1 aliphatic rings. The molecule has 0 aliphatic carbocycles. The Morgan fingerprint density at radius 2 is 1.75 bits per heavy atom. The monoisotopic (exact) mass is 429 g/mol. The van der Waals surface area contributed by atoms with Crippen LogP contribution in [0.3, 0.4) is 0 Å². The Balaban J connectivity index is 1.84. The molecule has 1 atom stereocenters. The van der Waals surface area contributed by atoms with Crippen molar-refractivity contribution in [2.75, 3.05) is 25.9 Å². The van der Waals surface area contributed by atoms with Crippen LogP contribution in [-0.2, 0) is 0 Å². The number of piperidine rings is 1. The van der Waals surface area contributed by atoms with E-state index in [1.54, 1.807) is 4.68 Å². The summed E-state index contributed by atoms with van der Waals surface area (Å²) in [5.41, 5.74) is 11.8. The predicted molar refractivity (Wildman–Crippen MR) is 126 cm³/mol. The molecular weight excluding hydrogens is 402 g/mol. The third-order valence-corrected chi connectivity index (χ3v) is 6.08. The van der Waals surface area contributed by atoms with Crippen molar-refractivity contribution >= 4 is 11.6 Å². The van der Waals surface area contributed by atoms with Crippen LogP contribution in [0.2, 0.25) is 0 Å². The summed E-state index contributed by atoms with van der Waals surface area (Å²) in [5, 5.41) is 4.85. The molecule has 4 heterocycles. The van der Waals surface area contributed by atoms with Gasteiger partial charge >= 0.3 is 5.69 Å². The lowest BCUT2D eigenvalue weighted by Crippen LogP contribution is -2.38.